The third kappa shape index (κ3) is 3.58. The average Bonchev–Trinajstić information content (AvgIpc) is 3.08. The second-order valence-electron chi connectivity index (χ2n) is 7.11. The molecule has 0 spiro atoms. The first kappa shape index (κ1) is 18.4. The largest absolute Gasteiger partial charge is 0.468 e. The molecule has 0 unspecified atom stereocenters. The molecule has 0 bridgehead atoms. The quantitative estimate of drug-likeness (QED) is 0.740. The van der Waals surface area contributed by atoms with E-state index in [0.29, 0.717) is 19.3 Å². The summed E-state index contributed by atoms with van der Waals surface area (Å²) in [5.41, 5.74) is 6.51. The minimum absolute atomic E-state index is 0.0452. The summed E-state index contributed by atoms with van der Waals surface area (Å²) in [7, 11) is 1.26. The lowest BCUT2D eigenvalue weighted by Gasteiger charge is -2.43. The molecule has 2 saturated heterocycles. The highest BCUT2D eigenvalue weighted by molar-refractivity contribution is 5.94. The first-order chi connectivity index (χ1) is 12.4. The van der Waals surface area contributed by atoms with Crippen LogP contribution < -0.4 is 11.1 Å². The molecule has 2 aliphatic heterocycles. The first-order valence-corrected chi connectivity index (χ1v) is 8.95. The molecule has 0 aliphatic carbocycles. The summed E-state index contributed by atoms with van der Waals surface area (Å²) in [6.45, 7) is -0.198. The Kier molecular flexibility index (Phi) is 5.27. The molecular weight excluding hydrogens is 334 g/mol. The molecule has 1 aromatic carbocycles. The van der Waals surface area contributed by atoms with Crippen molar-refractivity contribution in [1.82, 2.24) is 10.2 Å². The van der Waals surface area contributed by atoms with Crippen molar-refractivity contribution >= 4 is 17.8 Å². The highest BCUT2D eigenvalue weighted by Gasteiger charge is 2.51. The molecule has 3 rings (SSSR count). The normalized spacial score (nSPS) is 27.8. The van der Waals surface area contributed by atoms with E-state index in [-0.39, 0.29) is 24.4 Å². The van der Waals surface area contributed by atoms with Gasteiger partial charge in [0, 0.05) is 6.04 Å². The number of carbonyl (C=O) groups excluding carboxylic acids is 3. The molecule has 3 N–H and O–H groups in total. The van der Waals surface area contributed by atoms with Gasteiger partial charge in [0.2, 0.25) is 11.8 Å². The Bertz CT molecular complexity index is 693. The Morgan fingerprint density at radius 1 is 1.27 bits per heavy atom. The molecule has 0 radical (unpaired) electrons. The Balaban J connectivity index is 1.72. The van der Waals surface area contributed by atoms with Crippen LogP contribution in [0.1, 0.15) is 31.2 Å². The van der Waals surface area contributed by atoms with Crippen LogP contribution in [0.25, 0.3) is 0 Å². The average molecular weight is 359 g/mol. The van der Waals surface area contributed by atoms with E-state index in [0.717, 1.165) is 18.4 Å². The maximum absolute atomic E-state index is 13.2. The van der Waals surface area contributed by atoms with Crippen LogP contribution in [0.3, 0.4) is 0 Å². The minimum atomic E-state index is -0.997. The number of hydrogen-bond donors (Lipinski definition) is 2. The summed E-state index contributed by atoms with van der Waals surface area (Å²) < 4.78 is 4.54. The molecule has 7 nitrogen and oxygen atoms in total. The van der Waals surface area contributed by atoms with Crippen molar-refractivity contribution < 1.29 is 19.1 Å². The molecule has 2 amide bonds. The topological polar surface area (TPSA) is 102 Å². The summed E-state index contributed by atoms with van der Waals surface area (Å²) in [4.78, 5) is 38.6. The number of methoxy groups -OCH3 is 1. The van der Waals surface area contributed by atoms with E-state index in [1.54, 1.807) is 4.90 Å². The number of nitrogens with zero attached hydrogens (tertiary/aromatic N) is 1. The number of rotatable bonds is 5. The van der Waals surface area contributed by atoms with Crippen LogP contribution in [-0.4, -0.2) is 54.0 Å². The zero-order valence-corrected chi connectivity index (χ0v) is 14.9. The predicted octanol–water partition coefficient (Wildman–Crippen LogP) is 0.369. The number of hydrogen-bond acceptors (Lipinski definition) is 5. The van der Waals surface area contributed by atoms with Crippen molar-refractivity contribution in [1.29, 1.82) is 0 Å². The van der Waals surface area contributed by atoms with Crippen molar-refractivity contribution in [2.45, 2.75) is 49.7 Å². The first-order valence-electron chi connectivity index (χ1n) is 8.95. The number of esters is 1. The number of fused-ring (bicyclic) bond motifs is 1. The maximum atomic E-state index is 13.2. The summed E-state index contributed by atoms with van der Waals surface area (Å²) in [5, 5.41) is 2.56. The second kappa shape index (κ2) is 7.45. The van der Waals surface area contributed by atoms with Gasteiger partial charge < -0.3 is 20.7 Å². The Morgan fingerprint density at radius 3 is 2.69 bits per heavy atom. The fourth-order valence-electron chi connectivity index (χ4n) is 3.99. The monoisotopic (exact) mass is 359 g/mol. The zero-order valence-electron chi connectivity index (χ0n) is 14.9. The summed E-state index contributed by atoms with van der Waals surface area (Å²) in [6.07, 6.45) is 3.22. The summed E-state index contributed by atoms with van der Waals surface area (Å²) >= 11 is 0. The van der Waals surface area contributed by atoms with E-state index in [1.165, 1.54) is 7.11 Å². The molecule has 140 valence electrons. The molecule has 1 aromatic rings. The lowest BCUT2D eigenvalue weighted by atomic mass is 9.81. The van der Waals surface area contributed by atoms with Gasteiger partial charge in [-0.1, -0.05) is 30.3 Å². The van der Waals surface area contributed by atoms with Crippen molar-refractivity contribution in [3.8, 4) is 0 Å². The number of benzene rings is 1. The van der Waals surface area contributed by atoms with Gasteiger partial charge in [-0.25, -0.2) is 0 Å². The Morgan fingerprint density at radius 2 is 2.00 bits per heavy atom. The molecule has 0 saturated carbocycles. The zero-order chi connectivity index (χ0) is 18.7. The summed E-state index contributed by atoms with van der Waals surface area (Å²) in [6, 6.07) is 9.16. The predicted molar refractivity (Wildman–Crippen MR) is 95.0 cm³/mol. The van der Waals surface area contributed by atoms with E-state index in [4.69, 9.17) is 5.73 Å². The molecule has 0 aromatic heterocycles. The Hall–Kier alpha value is -2.41. The standard InChI is InChI=1S/C19H25N3O4/c1-26-16(23)12-21-17(24)15-8-7-14-9-10-19(20,18(25)22(14)15)11-13-5-3-2-4-6-13/h2-6,14-15H,7-12,20H2,1H3,(H,21,24)/t14-,15+,19-/m1/s1. The van der Waals surface area contributed by atoms with Gasteiger partial charge in [0.25, 0.3) is 0 Å². The minimum Gasteiger partial charge on any atom is -0.468 e. The van der Waals surface area contributed by atoms with Crippen LogP contribution in [0, 0.1) is 0 Å². The van der Waals surface area contributed by atoms with Gasteiger partial charge in [-0.15, -0.1) is 0 Å². The smallest absolute Gasteiger partial charge is 0.325 e. The van der Waals surface area contributed by atoms with Crippen molar-refractivity contribution in [3.05, 3.63) is 35.9 Å². The second-order valence-corrected chi connectivity index (χ2v) is 7.11. The molecule has 7 heteroatoms. The number of piperidine rings is 1. The Labute approximate surface area is 152 Å². The molecule has 26 heavy (non-hydrogen) atoms. The fourth-order valence-corrected chi connectivity index (χ4v) is 3.99. The third-order valence-electron chi connectivity index (χ3n) is 5.39. The summed E-state index contributed by atoms with van der Waals surface area (Å²) in [5.74, 6) is -1.02. The van der Waals surface area contributed by atoms with Crippen LogP contribution in [0.4, 0.5) is 0 Å². The van der Waals surface area contributed by atoms with Crippen LogP contribution >= 0.6 is 0 Å². The number of nitrogens with one attached hydrogen (secondary N) is 1. The van der Waals surface area contributed by atoms with Crippen LogP contribution in [0.5, 0.6) is 0 Å². The van der Waals surface area contributed by atoms with Gasteiger partial charge in [0.1, 0.15) is 12.6 Å². The fraction of sp³-hybridized carbons (Fsp3) is 0.526. The van der Waals surface area contributed by atoms with Gasteiger partial charge in [0.15, 0.2) is 0 Å². The van der Waals surface area contributed by atoms with Crippen LogP contribution in [-0.2, 0) is 25.5 Å². The highest BCUT2D eigenvalue weighted by atomic mass is 16.5. The van der Waals surface area contributed by atoms with Gasteiger partial charge in [0.05, 0.1) is 12.6 Å². The molecule has 2 heterocycles. The van der Waals surface area contributed by atoms with Gasteiger partial charge >= 0.3 is 5.97 Å². The lowest BCUT2D eigenvalue weighted by Crippen LogP contribution is -2.64. The third-order valence-corrected chi connectivity index (χ3v) is 5.39. The number of ether oxygens (including phenoxy) is 1. The lowest BCUT2D eigenvalue weighted by molar-refractivity contribution is -0.149. The molecule has 3 atom stereocenters. The van der Waals surface area contributed by atoms with E-state index >= 15 is 0 Å². The maximum Gasteiger partial charge on any atom is 0.325 e. The molecular formula is C19H25N3O4. The van der Waals surface area contributed by atoms with Crippen molar-refractivity contribution in [2.24, 2.45) is 5.73 Å². The van der Waals surface area contributed by atoms with Gasteiger partial charge in [-0.3, -0.25) is 14.4 Å². The van der Waals surface area contributed by atoms with Crippen molar-refractivity contribution in [3.63, 3.8) is 0 Å². The van der Waals surface area contributed by atoms with E-state index in [2.05, 4.69) is 10.1 Å². The number of carbonyl (C=O) groups is 3. The molecule has 2 fully saturated rings. The number of amides is 2. The van der Waals surface area contributed by atoms with E-state index < -0.39 is 17.6 Å². The SMILES string of the molecule is COC(=O)CNC(=O)[C@@H]1CC[C@@H]2CC[C@@](N)(Cc3ccccc3)C(=O)N21. The van der Waals surface area contributed by atoms with Gasteiger partial charge in [-0.05, 0) is 37.7 Å². The van der Waals surface area contributed by atoms with Crippen molar-refractivity contribution in [2.75, 3.05) is 13.7 Å². The van der Waals surface area contributed by atoms with Gasteiger partial charge in [-0.2, -0.15) is 0 Å². The van der Waals surface area contributed by atoms with E-state index in [1.807, 2.05) is 30.3 Å². The van der Waals surface area contributed by atoms with Crippen LogP contribution in [0.2, 0.25) is 0 Å². The van der Waals surface area contributed by atoms with E-state index in [9.17, 15) is 14.4 Å². The van der Waals surface area contributed by atoms with Crippen LogP contribution in [0.15, 0.2) is 30.3 Å². The number of nitrogens with two attached hydrogens (primary N) is 1. The highest BCUT2D eigenvalue weighted by Crippen LogP contribution is 2.37. The molecule has 2 aliphatic rings.